The maximum atomic E-state index is 10.8. The number of primary amides is 1. The van der Waals surface area contributed by atoms with Crippen LogP contribution in [0.2, 0.25) is 0 Å². The van der Waals surface area contributed by atoms with E-state index in [4.69, 9.17) is 5.11 Å². The smallest absolute Gasteiger partial charge is 0.364 e. The van der Waals surface area contributed by atoms with Crippen molar-refractivity contribution in [3.63, 3.8) is 0 Å². The molecule has 0 aliphatic carbocycles. The van der Waals surface area contributed by atoms with Crippen molar-refractivity contribution in [1.29, 1.82) is 0 Å². The highest BCUT2D eigenvalue weighted by Gasteiger charge is 2.64. The average molecular weight is 220 g/mol. The summed E-state index contributed by atoms with van der Waals surface area (Å²) < 4.78 is 0. The molecule has 0 bridgehead atoms. The fourth-order valence-corrected chi connectivity index (χ4v) is 1.05. The molecule has 1 aliphatic rings. The minimum atomic E-state index is -3.10. The second-order valence-electron chi connectivity index (χ2n) is 2.79. The Labute approximate surface area is 82.0 Å². The van der Waals surface area contributed by atoms with Gasteiger partial charge in [-0.05, 0) is 0 Å². The predicted molar refractivity (Wildman–Crippen MR) is 41.9 cm³/mol. The number of rotatable bonds is 2. The van der Waals surface area contributed by atoms with E-state index in [0.717, 1.165) is 0 Å². The zero-order valence-corrected chi connectivity index (χ0v) is 7.14. The van der Waals surface area contributed by atoms with Gasteiger partial charge in [-0.2, -0.15) is 0 Å². The number of aliphatic hydroxyl groups is 2. The number of carboxylic acid groups (broad SMARTS) is 1. The molecule has 15 heavy (non-hydrogen) atoms. The van der Waals surface area contributed by atoms with Crippen LogP contribution in [-0.2, 0) is 4.79 Å². The average Bonchev–Trinajstić information content (AvgIpc) is 2.21. The molecule has 2 unspecified atom stereocenters. The lowest BCUT2D eigenvalue weighted by Crippen LogP contribution is -2.73. The monoisotopic (exact) mass is 220 g/mol. The highest BCUT2D eigenvalue weighted by atomic mass is 16.5. The van der Waals surface area contributed by atoms with Crippen LogP contribution in [-0.4, -0.2) is 44.9 Å². The zero-order valence-electron chi connectivity index (χ0n) is 7.14. The van der Waals surface area contributed by atoms with E-state index in [2.05, 4.69) is 5.73 Å². The summed E-state index contributed by atoms with van der Waals surface area (Å²) in [6.07, 6.45) is 0. The van der Waals surface area contributed by atoms with Gasteiger partial charge < -0.3 is 21.1 Å². The highest BCUT2D eigenvalue weighted by molar-refractivity contribution is 5.91. The van der Waals surface area contributed by atoms with Crippen molar-refractivity contribution in [2.75, 3.05) is 0 Å². The van der Waals surface area contributed by atoms with Gasteiger partial charge in [0.15, 0.2) is 0 Å². The molecule has 2 atom stereocenters. The predicted octanol–water partition coefficient (Wildman–Crippen LogP) is -3.61. The van der Waals surface area contributed by atoms with E-state index in [9.17, 15) is 24.6 Å². The summed E-state index contributed by atoms with van der Waals surface area (Å²) in [5.41, 5.74) is 1.53. The minimum Gasteiger partial charge on any atom is -0.477 e. The summed E-state index contributed by atoms with van der Waals surface area (Å²) in [6.45, 7) is 0. The minimum absolute atomic E-state index is 1.18. The van der Waals surface area contributed by atoms with Crippen LogP contribution in [0.5, 0.6) is 0 Å². The van der Waals surface area contributed by atoms with Crippen LogP contribution in [0.1, 0.15) is 0 Å². The van der Waals surface area contributed by atoms with E-state index in [1.165, 1.54) is 10.6 Å². The molecule has 0 aromatic heterocycles. The Morgan fingerprint density at radius 1 is 1.33 bits per heavy atom. The second-order valence-corrected chi connectivity index (χ2v) is 2.79. The van der Waals surface area contributed by atoms with Crippen LogP contribution < -0.4 is 21.7 Å². The molecule has 0 aromatic carbocycles. The van der Waals surface area contributed by atoms with Crippen LogP contribution in [0.25, 0.3) is 0 Å². The third-order valence-electron chi connectivity index (χ3n) is 1.73. The molecule has 1 saturated heterocycles. The standard InChI is InChI=1S/C5H8N4O6/c6-2(12)7-5(15)4(14,1(10)11)8-3(13)9-5/h14-15H,(H,10,11)(H3,6,7,12)(H2,8,9,13). The Morgan fingerprint density at radius 2 is 1.87 bits per heavy atom. The maximum Gasteiger partial charge on any atom is 0.364 e. The fraction of sp³-hybridized carbons (Fsp3) is 0.400. The molecule has 0 aromatic rings. The van der Waals surface area contributed by atoms with Crippen molar-refractivity contribution in [2.24, 2.45) is 5.73 Å². The first kappa shape index (κ1) is 11.0. The molecular formula is C5H8N4O6. The van der Waals surface area contributed by atoms with Gasteiger partial charge in [-0.15, -0.1) is 0 Å². The number of urea groups is 2. The summed E-state index contributed by atoms with van der Waals surface area (Å²) in [5.74, 6) is -4.89. The third kappa shape index (κ3) is 1.51. The van der Waals surface area contributed by atoms with Crippen molar-refractivity contribution in [1.82, 2.24) is 16.0 Å². The Morgan fingerprint density at radius 3 is 2.27 bits per heavy atom. The summed E-state index contributed by atoms with van der Waals surface area (Å²) in [6, 6.07) is -2.52. The number of nitrogens with one attached hydrogen (secondary N) is 3. The maximum absolute atomic E-state index is 10.8. The van der Waals surface area contributed by atoms with E-state index in [-0.39, 0.29) is 0 Å². The van der Waals surface area contributed by atoms with E-state index < -0.39 is 29.6 Å². The van der Waals surface area contributed by atoms with Crippen molar-refractivity contribution in [3.8, 4) is 0 Å². The largest absolute Gasteiger partial charge is 0.477 e. The molecule has 0 radical (unpaired) electrons. The topological polar surface area (TPSA) is 174 Å². The van der Waals surface area contributed by atoms with Crippen molar-refractivity contribution in [2.45, 2.75) is 11.6 Å². The van der Waals surface area contributed by atoms with Crippen LogP contribution in [0.3, 0.4) is 0 Å². The van der Waals surface area contributed by atoms with Gasteiger partial charge in [0.1, 0.15) is 0 Å². The lowest BCUT2D eigenvalue weighted by molar-refractivity contribution is -0.198. The highest BCUT2D eigenvalue weighted by Crippen LogP contribution is 2.20. The first-order chi connectivity index (χ1) is 6.71. The number of nitrogens with two attached hydrogens (primary N) is 1. The Balaban J connectivity index is 3.09. The van der Waals surface area contributed by atoms with E-state index in [1.807, 2.05) is 0 Å². The van der Waals surface area contributed by atoms with Crippen LogP contribution >= 0.6 is 0 Å². The van der Waals surface area contributed by atoms with Gasteiger partial charge >= 0.3 is 23.8 Å². The molecule has 10 nitrogen and oxygen atoms in total. The van der Waals surface area contributed by atoms with Crippen molar-refractivity contribution >= 4 is 18.0 Å². The van der Waals surface area contributed by atoms with Crippen LogP contribution in [0, 0.1) is 0 Å². The summed E-state index contributed by atoms with van der Waals surface area (Å²) >= 11 is 0. The molecular weight excluding hydrogens is 212 g/mol. The molecule has 0 spiro atoms. The normalized spacial score (nSPS) is 34.1. The summed E-state index contributed by atoms with van der Waals surface area (Å²) in [5, 5.41) is 32.1. The molecule has 1 fully saturated rings. The van der Waals surface area contributed by atoms with E-state index in [1.54, 1.807) is 5.32 Å². The molecule has 1 heterocycles. The van der Waals surface area contributed by atoms with Crippen LogP contribution in [0.15, 0.2) is 0 Å². The number of hydrogen-bond acceptors (Lipinski definition) is 5. The Bertz CT molecular complexity index is 344. The summed E-state index contributed by atoms with van der Waals surface area (Å²) in [4.78, 5) is 31.8. The van der Waals surface area contributed by atoms with Gasteiger partial charge in [0, 0.05) is 0 Å². The van der Waals surface area contributed by atoms with Gasteiger partial charge in [-0.3, -0.25) is 16.0 Å². The molecule has 8 N–H and O–H groups in total. The van der Waals surface area contributed by atoms with Gasteiger partial charge in [0.25, 0.3) is 5.85 Å². The first-order valence-electron chi connectivity index (χ1n) is 3.57. The van der Waals surface area contributed by atoms with Crippen LogP contribution in [0.4, 0.5) is 9.59 Å². The van der Waals surface area contributed by atoms with E-state index >= 15 is 0 Å². The number of carbonyl (C=O) groups excluding carboxylic acids is 2. The molecule has 1 rings (SSSR count). The molecule has 4 amide bonds. The number of aliphatic carboxylic acids is 1. The lowest BCUT2D eigenvalue weighted by Gasteiger charge is -2.31. The fourth-order valence-electron chi connectivity index (χ4n) is 1.05. The molecule has 1 aliphatic heterocycles. The van der Waals surface area contributed by atoms with Gasteiger partial charge in [-0.1, -0.05) is 0 Å². The van der Waals surface area contributed by atoms with Gasteiger partial charge in [-0.25, -0.2) is 14.4 Å². The molecule has 0 saturated carbocycles. The molecule has 84 valence electrons. The number of hydrogen-bond donors (Lipinski definition) is 7. The van der Waals surface area contributed by atoms with Crippen molar-refractivity contribution < 1.29 is 29.7 Å². The van der Waals surface area contributed by atoms with E-state index in [0.29, 0.717) is 0 Å². The Kier molecular flexibility index (Phi) is 2.17. The quantitative estimate of drug-likeness (QED) is 0.236. The summed E-state index contributed by atoms with van der Waals surface area (Å²) in [7, 11) is 0. The lowest BCUT2D eigenvalue weighted by atomic mass is 10.1. The van der Waals surface area contributed by atoms with Gasteiger partial charge in [0.2, 0.25) is 0 Å². The van der Waals surface area contributed by atoms with Gasteiger partial charge in [0.05, 0.1) is 0 Å². The number of carboxylic acids is 1. The second kappa shape index (κ2) is 2.96. The third-order valence-corrected chi connectivity index (χ3v) is 1.73. The SMILES string of the molecule is NC(=O)NC1(O)NC(=O)NC1(O)C(=O)O. The Hall–Kier alpha value is -2.07. The van der Waals surface area contributed by atoms with Crippen molar-refractivity contribution in [3.05, 3.63) is 0 Å². The number of amides is 4. The first-order valence-corrected chi connectivity index (χ1v) is 3.57. The number of carbonyl (C=O) groups is 3. The molecule has 10 heteroatoms. The zero-order chi connectivity index (χ0) is 11.9.